The number of hydrogen-bond donors (Lipinski definition) is 0. The number of halogens is 1. The van der Waals surface area contributed by atoms with Gasteiger partial charge in [0.15, 0.2) is 0 Å². The Labute approximate surface area is 94.6 Å². The van der Waals surface area contributed by atoms with Gasteiger partial charge in [-0.1, -0.05) is 15.9 Å². The van der Waals surface area contributed by atoms with Gasteiger partial charge in [0, 0.05) is 32.5 Å². The molecule has 0 amide bonds. The molecule has 1 saturated heterocycles. The van der Waals surface area contributed by atoms with Gasteiger partial charge in [0.25, 0.3) is 10.2 Å². The molecule has 84 valence electrons. The van der Waals surface area contributed by atoms with Gasteiger partial charge in [-0.25, -0.2) is 0 Å². The maximum Gasteiger partial charge on any atom is 0.281 e. The van der Waals surface area contributed by atoms with Crippen LogP contribution in [0.5, 0.6) is 0 Å². The van der Waals surface area contributed by atoms with E-state index in [-0.39, 0.29) is 0 Å². The van der Waals surface area contributed by atoms with Gasteiger partial charge in [-0.3, -0.25) is 0 Å². The summed E-state index contributed by atoms with van der Waals surface area (Å²) in [6, 6.07) is 0. The van der Waals surface area contributed by atoms with E-state index in [2.05, 4.69) is 15.9 Å². The van der Waals surface area contributed by atoms with Crippen molar-refractivity contribution < 1.29 is 8.42 Å². The van der Waals surface area contributed by atoms with E-state index >= 15 is 0 Å². The first-order valence-electron chi connectivity index (χ1n) is 4.72. The van der Waals surface area contributed by atoms with E-state index in [0.717, 1.165) is 18.2 Å². The highest BCUT2D eigenvalue weighted by molar-refractivity contribution is 9.09. The lowest BCUT2D eigenvalue weighted by molar-refractivity contribution is 0.272. The second kappa shape index (κ2) is 4.92. The molecule has 1 fully saturated rings. The van der Waals surface area contributed by atoms with Crippen LogP contribution in [-0.4, -0.2) is 49.5 Å². The Bertz CT molecular complexity index is 279. The van der Waals surface area contributed by atoms with Gasteiger partial charge >= 0.3 is 0 Å². The highest BCUT2D eigenvalue weighted by Crippen LogP contribution is 2.21. The van der Waals surface area contributed by atoms with Crippen molar-refractivity contribution in [3.05, 3.63) is 0 Å². The molecule has 0 saturated carbocycles. The van der Waals surface area contributed by atoms with Gasteiger partial charge < -0.3 is 0 Å². The number of hydrogen-bond acceptors (Lipinski definition) is 2. The van der Waals surface area contributed by atoms with Crippen molar-refractivity contribution in [1.82, 2.24) is 8.61 Å². The van der Waals surface area contributed by atoms with Gasteiger partial charge in [-0.05, 0) is 18.8 Å². The average Bonchev–Trinajstić information content (AvgIpc) is 2.17. The zero-order chi connectivity index (χ0) is 10.8. The van der Waals surface area contributed by atoms with Crippen molar-refractivity contribution in [2.24, 2.45) is 5.92 Å². The van der Waals surface area contributed by atoms with Crippen molar-refractivity contribution >= 4 is 26.1 Å². The molecule has 0 bridgehead atoms. The van der Waals surface area contributed by atoms with Gasteiger partial charge in [0.05, 0.1) is 0 Å². The lowest BCUT2D eigenvalue weighted by Gasteiger charge is -2.32. The molecule has 1 aliphatic heterocycles. The quantitative estimate of drug-likeness (QED) is 0.723. The largest absolute Gasteiger partial charge is 0.281 e. The van der Waals surface area contributed by atoms with Crippen LogP contribution in [0.15, 0.2) is 0 Å². The lowest BCUT2D eigenvalue weighted by Crippen LogP contribution is -2.45. The topological polar surface area (TPSA) is 40.6 Å². The molecular weight excluding hydrogens is 268 g/mol. The maximum absolute atomic E-state index is 11.8. The molecule has 1 rings (SSSR count). The molecule has 0 N–H and O–H groups in total. The average molecular weight is 285 g/mol. The van der Waals surface area contributed by atoms with Crippen molar-refractivity contribution in [1.29, 1.82) is 0 Å². The number of rotatable bonds is 3. The minimum Gasteiger partial charge on any atom is -0.195 e. The molecule has 0 aliphatic carbocycles. The fourth-order valence-corrected chi connectivity index (χ4v) is 3.34. The SMILES string of the molecule is CN(C)S(=O)(=O)N1CCCC(CBr)C1. The van der Waals surface area contributed by atoms with E-state index in [4.69, 9.17) is 0 Å². The summed E-state index contributed by atoms with van der Waals surface area (Å²) in [5.41, 5.74) is 0. The van der Waals surface area contributed by atoms with E-state index in [0.29, 0.717) is 19.0 Å². The third-order valence-corrected chi connectivity index (χ3v) is 5.31. The molecular formula is C8H17BrN2O2S. The van der Waals surface area contributed by atoms with Crippen LogP contribution in [0.4, 0.5) is 0 Å². The zero-order valence-electron chi connectivity index (χ0n) is 8.61. The van der Waals surface area contributed by atoms with E-state index in [1.54, 1.807) is 18.4 Å². The molecule has 0 spiro atoms. The Kier molecular flexibility index (Phi) is 4.36. The van der Waals surface area contributed by atoms with E-state index in [1.807, 2.05) is 0 Å². The Morgan fingerprint density at radius 3 is 2.64 bits per heavy atom. The van der Waals surface area contributed by atoms with Gasteiger partial charge in [0.1, 0.15) is 0 Å². The molecule has 1 heterocycles. The summed E-state index contributed by atoms with van der Waals surface area (Å²) < 4.78 is 26.4. The molecule has 0 radical (unpaired) electrons. The first-order valence-corrected chi connectivity index (χ1v) is 7.24. The fraction of sp³-hybridized carbons (Fsp3) is 1.00. The second-order valence-electron chi connectivity index (χ2n) is 3.81. The summed E-state index contributed by atoms with van der Waals surface area (Å²) in [6.45, 7) is 1.30. The first-order chi connectivity index (χ1) is 6.48. The highest BCUT2D eigenvalue weighted by Gasteiger charge is 2.29. The Morgan fingerprint density at radius 2 is 2.14 bits per heavy atom. The summed E-state index contributed by atoms with van der Waals surface area (Å²) in [5, 5.41) is 0.881. The second-order valence-corrected chi connectivity index (χ2v) is 6.60. The van der Waals surface area contributed by atoms with Crippen molar-refractivity contribution in [3.8, 4) is 0 Å². The maximum atomic E-state index is 11.8. The summed E-state index contributed by atoms with van der Waals surface area (Å²) in [7, 11) is -0.0442. The fourth-order valence-electron chi connectivity index (χ4n) is 1.59. The Hall–Kier alpha value is 0.350. The molecule has 14 heavy (non-hydrogen) atoms. The minimum atomic E-state index is -3.20. The molecule has 0 aromatic rings. The predicted molar refractivity (Wildman–Crippen MR) is 60.7 cm³/mol. The van der Waals surface area contributed by atoms with Crippen molar-refractivity contribution in [2.75, 3.05) is 32.5 Å². The van der Waals surface area contributed by atoms with Crippen molar-refractivity contribution in [2.45, 2.75) is 12.8 Å². The lowest BCUT2D eigenvalue weighted by atomic mass is 10.0. The number of piperidine rings is 1. The van der Waals surface area contributed by atoms with Crippen LogP contribution >= 0.6 is 15.9 Å². The molecule has 4 nitrogen and oxygen atoms in total. The molecule has 1 unspecified atom stereocenters. The number of nitrogens with zero attached hydrogens (tertiary/aromatic N) is 2. The van der Waals surface area contributed by atoms with Gasteiger partial charge in [0.2, 0.25) is 0 Å². The smallest absolute Gasteiger partial charge is 0.195 e. The third-order valence-electron chi connectivity index (χ3n) is 2.49. The molecule has 1 atom stereocenters. The van der Waals surface area contributed by atoms with Crippen LogP contribution in [0.25, 0.3) is 0 Å². The zero-order valence-corrected chi connectivity index (χ0v) is 11.0. The van der Waals surface area contributed by atoms with Crippen LogP contribution in [0.2, 0.25) is 0 Å². The van der Waals surface area contributed by atoms with Crippen LogP contribution in [0.1, 0.15) is 12.8 Å². The van der Waals surface area contributed by atoms with Gasteiger partial charge in [-0.15, -0.1) is 0 Å². The van der Waals surface area contributed by atoms with Crippen LogP contribution in [0, 0.1) is 5.92 Å². The predicted octanol–water partition coefficient (Wildman–Crippen LogP) is 0.900. The van der Waals surface area contributed by atoms with Crippen molar-refractivity contribution in [3.63, 3.8) is 0 Å². The Balaban J connectivity index is 2.69. The van der Waals surface area contributed by atoms with Gasteiger partial charge in [-0.2, -0.15) is 17.0 Å². The monoisotopic (exact) mass is 284 g/mol. The van der Waals surface area contributed by atoms with E-state index in [9.17, 15) is 8.42 Å². The third kappa shape index (κ3) is 2.68. The summed E-state index contributed by atoms with van der Waals surface area (Å²) in [6.07, 6.45) is 2.08. The molecule has 1 aliphatic rings. The van der Waals surface area contributed by atoms with Crippen LogP contribution in [-0.2, 0) is 10.2 Å². The van der Waals surface area contributed by atoms with Crippen LogP contribution in [0.3, 0.4) is 0 Å². The standard InChI is InChI=1S/C8H17BrN2O2S/c1-10(2)14(12,13)11-5-3-4-8(6-9)7-11/h8H,3-7H2,1-2H3. The normalized spacial score (nSPS) is 25.6. The number of alkyl halides is 1. The highest BCUT2D eigenvalue weighted by atomic mass is 79.9. The summed E-state index contributed by atoms with van der Waals surface area (Å²) >= 11 is 3.41. The van der Waals surface area contributed by atoms with Crippen LogP contribution < -0.4 is 0 Å². The Morgan fingerprint density at radius 1 is 1.50 bits per heavy atom. The molecule has 0 aromatic carbocycles. The van der Waals surface area contributed by atoms with E-state index in [1.165, 1.54) is 4.31 Å². The summed E-state index contributed by atoms with van der Waals surface area (Å²) in [5.74, 6) is 0.457. The minimum absolute atomic E-state index is 0.457. The molecule has 0 aromatic heterocycles. The molecule has 6 heteroatoms. The van der Waals surface area contributed by atoms with E-state index < -0.39 is 10.2 Å². The first kappa shape index (κ1) is 12.4. The summed E-state index contributed by atoms with van der Waals surface area (Å²) in [4.78, 5) is 0.